The molecular weight excluding hydrogens is 450 g/mol. The maximum atomic E-state index is 13.6. The molecule has 1 aliphatic rings. The third-order valence-corrected chi connectivity index (χ3v) is 7.41. The molecule has 1 saturated carbocycles. The fourth-order valence-electron chi connectivity index (χ4n) is 4.38. The van der Waals surface area contributed by atoms with Crippen LogP contribution in [0.2, 0.25) is 0 Å². The molecule has 0 aromatic heterocycles. The van der Waals surface area contributed by atoms with Crippen molar-refractivity contribution in [3.05, 3.63) is 65.2 Å². The van der Waals surface area contributed by atoms with E-state index in [9.17, 15) is 18.0 Å². The average Bonchev–Trinajstić information content (AvgIpc) is 3.27. The van der Waals surface area contributed by atoms with Crippen LogP contribution in [0.3, 0.4) is 0 Å². The third kappa shape index (κ3) is 6.82. The summed E-state index contributed by atoms with van der Waals surface area (Å²) in [5.74, 6) is -0.642. The monoisotopic (exact) mass is 485 g/mol. The Morgan fingerprint density at radius 1 is 1.03 bits per heavy atom. The van der Waals surface area contributed by atoms with Gasteiger partial charge in [0.2, 0.25) is 21.8 Å². The van der Waals surface area contributed by atoms with Crippen molar-refractivity contribution in [1.29, 1.82) is 0 Å². The highest BCUT2D eigenvalue weighted by Crippen LogP contribution is 2.21. The molecule has 0 bridgehead atoms. The Morgan fingerprint density at radius 2 is 1.65 bits per heavy atom. The molecule has 0 unspecified atom stereocenters. The number of carbonyl (C=O) groups excluding carboxylic acids is 2. The summed E-state index contributed by atoms with van der Waals surface area (Å²) >= 11 is 0. The first-order chi connectivity index (χ1) is 16.0. The van der Waals surface area contributed by atoms with Gasteiger partial charge in [0, 0.05) is 12.6 Å². The van der Waals surface area contributed by atoms with E-state index in [1.165, 1.54) is 4.90 Å². The fraction of sp³-hybridized carbons (Fsp3) is 0.462. The van der Waals surface area contributed by atoms with Crippen LogP contribution in [-0.2, 0) is 26.2 Å². The van der Waals surface area contributed by atoms with Crippen molar-refractivity contribution >= 4 is 27.5 Å². The number of amides is 2. The summed E-state index contributed by atoms with van der Waals surface area (Å²) in [6, 6.07) is 14.2. The molecule has 2 amide bonds. The number of nitrogens with one attached hydrogen (secondary N) is 1. The van der Waals surface area contributed by atoms with E-state index >= 15 is 0 Å². The van der Waals surface area contributed by atoms with E-state index in [-0.39, 0.29) is 25.0 Å². The molecule has 8 heteroatoms. The first-order valence-corrected chi connectivity index (χ1v) is 13.6. The molecule has 2 aromatic carbocycles. The van der Waals surface area contributed by atoms with Crippen molar-refractivity contribution < 1.29 is 18.0 Å². The molecule has 0 spiro atoms. The van der Waals surface area contributed by atoms with Gasteiger partial charge in [-0.3, -0.25) is 13.9 Å². The minimum absolute atomic E-state index is 0.130. The molecular formula is C26H35N3O4S. The number of benzene rings is 2. The number of sulfonamides is 1. The zero-order chi connectivity index (χ0) is 24.9. The summed E-state index contributed by atoms with van der Waals surface area (Å²) < 4.78 is 26.3. The Bertz CT molecular complexity index is 1130. The molecule has 34 heavy (non-hydrogen) atoms. The second-order valence-corrected chi connectivity index (χ2v) is 11.2. The van der Waals surface area contributed by atoms with Crippen molar-refractivity contribution in [1.82, 2.24) is 10.2 Å². The van der Waals surface area contributed by atoms with E-state index in [0.29, 0.717) is 5.69 Å². The van der Waals surface area contributed by atoms with Crippen LogP contribution in [0.15, 0.2) is 48.5 Å². The van der Waals surface area contributed by atoms with Crippen LogP contribution < -0.4 is 9.62 Å². The molecule has 3 rings (SSSR count). The molecule has 0 aliphatic heterocycles. The summed E-state index contributed by atoms with van der Waals surface area (Å²) in [4.78, 5) is 28.1. The number of nitrogens with zero attached hydrogens (tertiary/aromatic N) is 2. The zero-order valence-electron chi connectivity index (χ0n) is 20.5. The van der Waals surface area contributed by atoms with Gasteiger partial charge in [0.1, 0.15) is 12.6 Å². The van der Waals surface area contributed by atoms with Crippen LogP contribution in [0.25, 0.3) is 0 Å². The molecule has 0 saturated heterocycles. The van der Waals surface area contributed by atoms with Gasteiger partial charge >= 0.3 is 0 Å². The minimum atomic E-state index is -3.72. The number of rotatable bonds is 9. The van der Waals surface area contributed by atoms with E-state index < -0.39 is 22.0 Å². The minimum Gasteiger partial charge on any atom is -0.352 e. The van der Waals surface area contributed by atoms with Crippen LogP contribution in [0, 0.1) is 13.8 Å². The number of hydrogen-bond donors (Lipinski definition) is 1. The van der Waals surface area contributed by atoms with E-state index in [2.05, 4.69) is 5.32 Å². The second kappa shape index (κ2) is 11.0. The normalized spacial score (nSPS) is 15.1. The van der Waals surface area contributed by atoms with E-state index in [0.717, 1.165) is 52.9 Å². The molecule has 1 atom stereocenters. The first-order valence-electron chi connectivity index (χ1n) is 11.7. The molecule has 7 nitrogen and oxygen atoms in total. The van der Waals surface area contributed by atoms with Gasteiger partial charge in [-0.15, -0.1) is 0 Å². The molecule has 1 N–H and O–H groups in total. The van der Waals surface area contributed by atoms with Crippen molar-refractivity contribution in [3.63, 3.8) is 0 Å². The van der Waals surface area contributed by atoms with Crippen molar-refractivity contribution in [2.24, 2.45) is 0 Å². The maximum Gasteiger partial charge on any atom is 0.244 e. The quantitative estimate of drug-likeness (QED) is 0.589. The Balaban J connectivity index is 1.88. The lowest BCUT2D eigenvalue weighted by Crippen LogP contribution is -2.52. The first kappa shape index (κ1) is 25.7. The predicted molar refractivity (Wildman–Crippen MR) is 135 cm³/mol. The average molecular weight is 486 g/mol. The third-order valence-electron chi connectivity index (χ3n) is 6.27. The number of aryl methyl sites for hydroxylation is 2. The zero-order valence-corrected chi connectivity index (χ0v) is 21.3. The van der Waals surface area contributed by atoms with Gasteiger partial charge in [0.05, 0.1) is 11.9 Å². The molecule has 2 aromatic rings. The molecule has 0 heterocycles. The van der Waals surface area contributed by atoms with Crippen LogP contribution in [0.4, 0.5) is 5.69 Å². The Labute approximate surface area is 203 Å². The molecule has 184 valence electrons. The predicted octanol–water partition coefficient (Wildman–Crippen LogP) is 3.55. The van der Waals surface area contributed by atoms with Gasteiger partial charge in [-0.25, -0.2) is 8.42 Å². The van der Waals surface area contributed by atoms with E-state index in [4.69, 9.17) is 0 Å². The highest BCUT2D eigenvalue weighted by molar-refractivity contribution is 7.92. The van der Waals surface area contributed by atoms with Crippen molar-refractivity contribution in [3.8, 4) is 0 Å². The fourth-order valence-corrected chi connectivity index (χ4v) is 5.22. The second-order valence-electron chi connectivity index (χ2n) is 9.29. The van der Waals surface area contributed by atoms with Crippen LogP contribution >= 0.6 is 0 Å². The highest BCUT2D eigenvalue weighted by Gasteiger charge is 2.31. The Kier molecular flexibility index (Phi) is 8.36. The van der Waals surface area contributed by atoms with Crippen LogP contribution in [0.1, 0.15) is 49.3 Å². The lowest BCUT2D eigenvalue weighted by molar-refractivity contribution is -0.139. The molecule has 0 radical (unpaired) electrons. The van der Waals surface area contributed by atoms with Gasteiger partial charge in [0.15, 0.2) is 0 Å². The maximum absolute atomic E-state index is 13.6. The number of hydrogen-bond acceptors (Lipinski definition) is 4. The lowest BCUT2D eigenvalue weighted by Gasteiger charge is -2.32. The standard InChI is InChI=1S/C26H35N3O4S/c1-19-9-7-11-22(15-19)17-28(21(3)26(31)27-23-12-5-6-13-23)25(30)18-29(34(4,32)33)24-14-8-10-20(2)16-24/h7-11,14-16,21,23H,5-6,12-13,17-18H2,1-4H3,(H,27,31)/t21-/m1/s1. The van der Waals surface area contributed by atoms with Gasteiger partial charge in [-0.05, 0) is 56.9 Å². The van der Waals surface area contributed by atoms with Gasteiger partial charge < -0.3 is 10.2 Å². The van der Waals surface area contributed by atoms with Crippen LogP contribution in [-0.4, -0.2) is 50.0 Å². The smallest absolute Gasteiger partial charge is 0.244 e. The van der Waals surface area contributed by atoms with Crippen molar-refractivity contribution in [2.45, 2.75) is 65.1 Å². The lowest BCUT2D eigenvalue weighted by atomic mass is 10.1. The topological polar surface area (TPSA) is 86.8 Å². The van der Waals surface area contributed by atoms with Crippen molar-refractivity contribution in [2.75, 3.05) is 17.1 Å². The Hall–Kier alpha value is -2.87. The Morgan fingerprint density at radius 3 is 2.24 bits per heavy atom. The summed E-state index contributed by atoms with van der Waals surface area (Å²) in [7, 11) is -3.72. The summed E-state index contributed by atoms with van der Waals surface area (Å²) in [6.45, 7) is 5.37. The van der Waals surface area contributed by atoms with Gasteiger partial charge in [-0.1, -0.05) is 54.8 Å². The summed E-state index contributed by atoms with van der Waals surface area (Å²) in [6.07, 6.45) is 5.15. The largest absolute Gasteiger partial charge is 0.352 e. The number of anilines is 1. The molecule has 1 fully saturated rings. The number of carbonyl (C=O) groups is 2. The summed E-state index contributed by atoms with van der Waals surface area (Å²) in [5, 5.41) is 3.07. The van der Waals surface area contributed by atoms with E-state index in [1.807, 2.05) is 44.2 Å². The summed E-state index contributed by atoms with van der Waals surface area (Å²) in [5.41, 5.74) is 3.25. The SMILES string of the molecule is Cc1cccc(CN(C(=O)CN(c2cccc(C)c2)S(C)(=O)=O)[C@H](C)C(=O)NC2CCCC2)c1. The van der Waals surface area contributed by atoms with E-state index in [1.54, 1.807) is 25.1 Å². The molecule has 1 aliphatic carbocycles. The van der Waals surface area contributed by atoms with Gasteiger partial charge in [-0.2, -0.15) is 0 Å². The van der Waals surface area contributed by atoms with Gasteiger partial charge in [0.25, 0.3) is 0 Å². The van der Waals surface area contributed by atoms with Crippen LogP contribution in [0.5, 0.6) is 0 Å². The highest BCUT2D eigenvalue weighted by atomic mass is 32.2.